The van der Waals surface area contributed by atoms with Crippen molar-refractivity contribution >= 4 is 17.5 Å². The Morgan fingerprint density at radius 1 is 1.00 bits per heavy atom. The summed E-state index contributed by atoms with van der Waals surface area (Å²) in [4.78, 5) is 16.8. The largest absolute Gasteiger partial charge is 0.393 e. The summed E-state index contributed by atoms with van der Waals surface area (Å²) in [5.41, 5.74) is 3.28. The van der Waals surface area contributed by atoms with Crippen LogP contribution in [0.4, 0.5) is 17.5 Å². The van der Waals surface area contributed by atoms with Crippen molar-refractivity contribution in [1.82, 2.24) is 19.9 Å². The third kappa shape index (κ3) is 6.50. The Hall–Kier alpha value is -2.25. The molecule has 0 aromatic carbocycles. The molecule has 5 rings (SSSR count). The molecule has 3 heterocycles. The topological polar surface area (TPSA) is 86.2 Å². The van der Waals surface area contributed by atoms with Crippen LogP contribution in [0.25, 0.3) is 0 Å². The molecule has 2 aromatic heterocycles. The molecule has 3 N–H and O–H groups in total. The first-order valence-corrected chi connectivity index (χ1v) is 13.9. The molecule has 7 nitrogen and oxygen atoms in total. The number of hydrogen-bond acceptors (Lipinski definition) is 7. The fraction of sp³-hybridized carbons (Fsp3) is 0.679. The van der Waals surface area contributed by atoms with Gasteiger partial charge in [0.25, 0.3) is 0 Å². The minimum absolute atomic E-state index is 0.154. The van der Waals surface area contributed by atoms with Gasteiger partial charge in [0.2, 0.25) is 5.95 Å². The van der Waals surface area contributed by atoms with Crippen LogP contribution in [0.2, 0.25) is 0 Å². The quantitative estimate of drug-likeness (QED) is 0.477. The van der Waals surface area contributed by atoms with Crippen LogP contribution >= 0.6 is 0 Å². The zero-order valence-electron chi connectivity index (χ0n) is 21.3. The van der Waals surface area contributed by atoms with Crippen LogP contribution in [0.1, 0.15) is 88.3 Å². The zero-order valence-corrected chi connectivity index (χ0v) is 21.3. The van der Waals surface area contributed by atoms with E-state index in [9.17, 15) is 5.11 Å². The number of hydrogen-bond donors (Lipinski definition) is 3. The van der Waals surface area contributed by atoms with Crippen molar-refractivity contribution in [2.75, 3.05) is 30.3 Å². The van der Waals surface area contributed by atoms with E-state index in [2.05, 4.69) is 39.7 Å². The molecule has 0 amide bonds. The van der Waals surface area contributed by atoms with E-state index in [-0.39, 0.29) is 6.10 Å². The summed E-state index contributed by atoms with van der Waals surface area (Å²) in [7, 11) is 0. The van der Waals surface area contributed by atoms with Crippen molar-refractivity contribution in [1.29, 1.82) is 0 Å². The van der Waals surface area contributed by atoms with Gasteiger partial charge in [0.05, 0.1) is 6.10 Å². The number of aryl methyl sites for hydroxylation is 1. The normalized spacial score (nSPS) is 24.5. The number of piperidine rings is 1. The molecule has 1 aliphatic heterocycles. The highest BCUT2D eigenvalue weighted by Crippen LogP contribution is 2.35. The van der Waals surface area contributed by atoms with Gasteiger partial charge in [-0.15, -0.1) is 0 Å². The maximum Gasteiger partial charge on any atom is 0.229 e. The summed E-state index contributed by atoms with van der Waals surface area (Å²) < 4.78 is 0. The van der Waals surface area contributed by atoms with Gasteiger partial charge in [0, 0.05) is 41.9 Å². The smallest absolute Gasteiger partial charge is 0.229 e. The first-order valence-electron chi connectivity index (χ1n) is 13.9. The zero-order chi connectivity index (χ0) is 24.0. The van der Waals surface area contributed by atoms with Crippen molar-refractivity contribution in [2.45, 2.75) is 95.6 Å². The molecule has 190 valence electrons. The molecule has 0 atom stereocenters. The Kier molecular flexibility index (Phi) is 8.14. The summed E-state index contributed by atoms with van der Waals surface area (Å²) in [5.74, 6) is 3.01. The number of pyridine rings is 1. The van der Waals surface area contributed by atoms with Crippen LogP contribution in [-0.2, 0) is 6.42 Å². The number of aliphatic hydroxyl groups excluding tert-OH is 1. The highest BCUT2D eigenvalue weighted by atomic mass is 16.3. The molecule has 2 saturated carbocycles. The predicted molar refractivity (Wildman–Crippen MR) is 141 cm³/mol. The second kappa shape index (κ2) is 11.7. The average Bonchev–Trinajstić information content (AvgIpc) is 3.39. The van der Waals surface area contributed by atoms with Crippen molar-refractivity contribution < 1.29 is 5.11 Å². The van der Waals surface area contributed by atoms with Crippen LogP contribution in [-0.4, -0.2) is 56.7 Å². The second-order valence-corrected chi connectivity index (χ2v) is 10.9. The van der Waals surface area contributed by atoms with E-state index < -0.39 is 0 Å². The molecule has 0 bridgehead atoms. The second-order valence-electron chi connectivity index (χ2n) is 10.9. The van der Waals surface area contributed by atoms with Gasteiger partial charge in [0.15, 0.2) is 0 Å². The monoisotopic (exact) mass is 478 g/mol. The lowest BCUT2D eigenvalue weighted by Gasteiger charge is -2.34. The standard InChI is InChI=1S/C28H42N6O/c1-2-22-17-24(11-14-29-22)32-28-30-18-26(27(33-28)31-23-7-9-25(35)10-8-23)21-12-15-34(16-13-21)19-20-5-3-4-6-20/h11,14,17-18,20-21,23,25,35H,2-10,12-13,15-16,19H2,1H3,(H2,29,30,31,32,33)/t23-,25-. The summed E-state index contributed by atoms with van der Waals surface area (Å²) in [6.45, 7) is 5.74. The lowest BCUT2D eigenvalue weighted by molar-refractivity contribution is 0.126. The number of aliphatic hydroxyl groups is 1. The van der Waals surface area contributed by atoms with Crippen molar-refractivity contribution in [3.05, 3.63) is 35.8 Å². The van der Waals surface area contributed by atoms with Gasteiger partial charge in [-0.25, -0.2) is 4.98 Å². The van der Waals surface area contributed by atoms with E-state index in [4.69, 9.17) is 9.97 Å². The fourth-order valence-corrected chi connectivity index (χ4v) is 6.14. The first-order chi connectivity index (χ1) is 17.2. The minimum Gasteiger partial charge on any atom is -0.393 e. The van der Waals surface area contributed by atoms with E-state index >= 15 is 0 Å². The van der Waals surface area contributed by atoms with E-state index in [1.54, 1.807) is 0 Å². The third-order valence-corrected chi connectivity index (χ3v) is 8.31. The molecule has 7 heteroatoms. The summed E-state index contributed by atoms with van der Waals surface area (Å²) in [5, 5.41) is 17.1. The van der Waals surface area contributed by atoms with Crippen molar-refractivity contribution in [3.63, 3.8) is 0 Å². The molecular weight excluding hydrogens is 436 g/mol. The molecular formula is C28H42N6O. The number of likely N-dealkylation sites (tertiary alicyclic amines) is 1. The number of aromatic nitrogens is 3. The van der Waals surface area contributed by atoms with Crippen LogP contribution in [0.5, 0.6) is 0 Å². The molecule has 0 radical (unpaired) electrons. The van der Waals surface area contributed by atoms with Gasteiger partial charge in [-0.3, -0.25) is 4.98 Å². The molecule has 1 saturated heterocycles. The number of anilines is 3. The highest BCUT2D eigenvalue weighted by molar-refractivity contribution is 5.57. The van der Waals surface area contributed by atoms with E-state index in [1.807, 2.05) is 12.3 Å². The lowest BCUT2D eigenvalue weighted by Crippen LogP contribution is -2.36. The van der Waals surface area contributed by atoms with Crippen LogP contribution in [0.3, 0.4) is 0 Å². The Bertz CT molecular complexity index is 946. The van der Waals surface area contributed by atoms with Crippen LogP contribution in [0, 0.1) is 5.92 Å². The molecule has 2 aliphatic carbocycles. The maximum absolute atomic E-state index is 9.96. The Labute approximate surface area is 210 Å². The van der Waals surface area contributed by atoms with Crippen LogP contribution < -0.4 is 10.6 Å². The average molecular weight is 479 g/mol. The van der Waals surface area contributed by atoms with Gasteiger partial charge in [-0.1, -0.05) is 19.8 Å². The summed E-state index contributed by atoms with van der Waals surface area (Å²) in [6.07, 6.45) is 16.3. The minimum atomic E-state index is -0.154. The van der Waals surface area contributed by atoms with Gasteiger partial charge in [0.1, 0.15) is 5.82 Å². The Morgan fingerprint density at radius 3 is 2.51 bits per heavy atom. The van der Waals surface area contributed by atoms with E-state index in [1.165, 1.54) is 63.7 Å². The van der Waals surface area contributed by atoms with Gasteiger partial charge < -0.3 is 20.6 Å². The molecule has 2 aromatic rings. The molecule has 0 unspecified atom stereocenters. The predicted octanol–water partition coefficient (Wildman–Crippen LogP) is 5.26. The van der Waals surface area contributed by atoms with Crippen LogP contribution in [0.15, 0.2) is 24.5 Å². The highest BCUT2D eigenvalue weighted by Gasteiger charge is 2.28. The van der Waals surface area contributed by atoms with E-state index in [0.717, 1.165) is 55.2 Å². The number of rotatable bonds is 8. The fourth-order valence-electron chi connectivity index (χ4n) is 6.14. The van der Waals surface area contributed by atoms with Crippen molar-refractivity contribution in [2.24, 2.45) is 5.92 Å². The number of nitrogens with one attached hydrogen (secondary N) is 2. The molecule has 3 aliphatic rings. The molecule has 0 spiro atoms. The summed E-state index contributed by atoms with van der Waals surface area (Å²) >= 11 is 0. The van der Waals surface area contributed by atoms with Gasteiger partial charge in [-0.2, -0.15) is 4.98 Å². The summed E-state index contributed by atoms with van der Waals surface area (Å²) in [6, 6.07) is 4.38. The van der Waals surface area contributed by atoms with E-state index in [0.29, 0.717) is 17.9 Å². The van der Waals surface area contributed by atoms with Gasteiger partial charge >= 0.3 is 0 Å². The maximum atomic E-state index is 9.96. The molecule has 3 fully saturated rings. The van der Waals surface area contributed by atoms with Gasteiger partial charge in [-0.05, 0) is 94.8 Å². The molecule has 35 heavy (non-hydrogen) atoms. The first kappa shape index (κ1) is 24.4. The Morgan fingerprint density at radius 2 is 1.77 bits per heavy atom. The Balaban J connectivity index is 1.30. The lowest BCUT2D eigenvalue weighted by atomic mass is 9.89. The van der Waals surface area contributed by atoms with Crippen molar-refractivity contribution in [3.8, 4) is 0 Å². The SMILES string of the molecule is CCc1cc(Nc2ncc(C3CCN(CC4CCCC4)CC3)c(N[C@H]3CC[C@H](O)CC3)n2)ccn1. The number of nitrogens with zero attached hydrogens (tertiary/aromatic N) is 4. The third-order valence-electron chi connectivity index (χ3n) is 8.31.